The van der Waals surface area contributed by atoms with E-state index in [0.717, 1.165) is 0 Å². The maximum Gasteiger partial charge on any atom is 0.243 e. The normalized spacial score (nSPS) is 15.1. The summed E-state index contributed by atoms with van der Waals surface area (Å²) in [5.41, 5.74) is 5.83. The van der Waals surface area contributed by atoms with E-state index in [0.29, 0.717) is 0 Å². The predicted molar refractivity (Wildman–Crippen MR) is 85.0 cm³/mol. The number of anilines is 1. The molecule has 5 nitrogen and oxygen atoms in total. The number of hydrogen-bond acceptors (Lipinski definition) is 5. The van der Waals surface area contributed by atoms with Gasteiger partial charge in [-0.25, -0.2) is 13.1 Å². The van der Waals surface area contributed by atoms with E-state index >= 15 is 0 Å². The van der Waals surface area contributed by atoms with Crippen molar-refractivity contribution < 1.29 is 13.5 Å². The highest BCUT2D eigenvalue weighted by atomic mass is 35.5. The summed E-state index contributed by atoms with van der Waals surface area (Å²) in [5, 5.41) is 8.83. The van der Waals surface area contributed by atoms with E-state index in [1.54, 1.807) is 13.2 Å². The highest BCUT2D eigenvalue weighted by Gasteiger charge is 2.27. The molecule has 0 saturated heterocycles. The molecular weight excluding hydrogens is 343 g/mol. The van der Waals surface area contributed by atoms with Crippen molar-refractivity contribution in [3.05, 3.63) is 22.2 Å². The number of nitrogen functional groups attached to an aromatic ring is 1. The van der Waals surface area contributed by atoms with Crippen LogP contribution in [0.4, 0.5) is 5.69 Å². The Morgan fingerprint density at radius 3 is 2.30 bits per heavy atom. The SMILES string of the molecule is CSC(CO)C(C)NS(=O)(=O)c1c(Cl)cc(N)cc1Cl. The molecule has 0 amide bonds. The first-order valence-electron chi connectivity index (χ1n) is 5.63. The first kappa shape index (κ1) is 17.9. The van der Waals surface area contributed by atoms with Crippen molar-refractivity contribution in [1.29, 1.82) is 0 Å². The van der Waals surface area contributed by atoms with E-state index < -0.39 is 16.1 Å². The summed E-state index contributed by atoms with van der Waals surface area (Å²) in [5.74, 6) is 0. The Morgan fingerprint density at radius 2 is 1.90 bits per heavy atom. The summed E-state index contributed by atoms with van der Waals surface area (Å²) in [4.78, 5) is -0.209. The molecule has 0 aliphatic heterocycles. The van der Waals surface area contributed by atoms with Crippen LogP contribution in [0.15, 0.2) is 17.0 Å². The fourth-order valence-electron chi connectivity index (χ4n) is 1.65. The van der Waals surface area contributed by atoms with Crippen LogP contribution >= 0.6 is 35.0 Å². The third-order valence-electron chi connectivity index (χ3n) is 2.67. The van der Waals surface area contributed by atoms with Gasteiger partial charge in [0.25, 0.3) is 0 Å². The van der Waals surface area contributed by atoms with Crippen LogP contribution in [0.1, 0.15) is 6.92 Å². The third kappa shape index (κ3) is 4.16. The van der Waals surface area contributed by atoms with Gasteiger partial charge in [0.15, 0.2) is 0 Å². The molecule has 114 valence electrons. The van der Waals surface area contributed by atoms with E-state index in [1.807, 2.05) is 0 Å². The van der Waals surface area contributed by atoms with Gasteiger partial charge in [0.05, 0.1) is 16.7 Å². The number of nitrogens with one attached hydrogen (secondary N) is 1. The van der Waals surface area contributed by atoms with Crippen LogP contribution in [0.25, 0.3) is 0 Å². The Balaban J connectivity index is 3.12. The van der Waals surface area contributed by atoms with Crippen LogP contribution in [-0.2, 0) is 10.0 Å². The lowest BCUT2D eigenvalue weighted by Crippen LogP contribution is -2.41. The molecule has 9 heteroatoms. The van der Waals surface area contributed by atoms with Gasteiger partial charge in [0, 0.05) is 17.0 Å². The summed E-state index contributed by atoms with van der Waals surface area (Å²) >= 11 is 13.2. The molecule has 0 fully saturated rings. The van der Waals surface area contributed by atoms with Gasteiger partial charge in [-0.05, 0) is 25.3 Å². The van der Waals surface area contributed by atoms with Crippen molar-refractivity contribution in [2.45, 2.75) is 23.1 Å². The Bertz CT molecular complexity index is 554. The van der Waals surface area contributed by atoms with E-state index in [9.17, 15) is 13.5 Å². The molecular formula is C11H16Cl2N2O3S2. The number of halogens is 2. The summed E-state index contributed by atoms with van der Waals surface area (Å²) in [6, 6.07) is 2.17. The summed E-state index contributed by atoms with van der Waals surface area (Å²) < 4.78 is 27.1. The van der Waals surface area contributed by atoms with Gasteiger partial charge in [0.1, 0.15) is 4.90 Å². The highest BCUT2D eigenvalue weighted by molar-refractivity contribution is 7.99. The first-order valence-corrected chi connectivity index (χ1v) is 9.16. The van der Waals surface area contributed by atoms with E-state index in [2.05, 4.69) is 4.72 Å². The molecule has 0 aliphatic rings. The number of thioether (sulfide) groups is 1. The average molecular weight is 359 g/mol. The zero-order chi connectivity index (χ0) is 15.5. The van der Waals surface area contributed by atoms with Crippen LogP contribution in [0.5, 0.6) is 0 Å². The van der Waals surface area contributed by atoms with Gasteiger partial charge in [0.2, 0.25) is 10.0 Å². The van der Waals surface area contributed by atoms with Crippen molar-refractivity contribution in [3.63, 3.8) is 0 Å². The molecule has 4 N–H and O–H groups in total. The van der Waals surface area contributed by atoms with E-state index in [4.69, 9.17) is 28.9 Å². The van der Waals surface area contributed by atoms with Gasteiger partial charge in [-0.3, -0.25) is 0 Å². The molecule has 0 heterocycles. The maximum atomic E-state index is 12.3. The lowest BCUT2D eigenvalue weighted by molar-refractivity contribution is 0.282. The molecule has 0 saturated carbocycles. The van der Waals surface area contributed by atoms with Gasteiger partial charge in [-0.15, -0.1) is 0 Å². The lowest BCUT2D eigenvalue weighted by Gasteiger charge is -2.21. The molecule has 0 spiro atoms. The second-order valence-electron chi connectivity index (χ2n) is 4.18. The Kier molecular flexibility index (Phi) is 6.43. The van der Waals surface area contributed by atoms with Crippen LogP contribution in [0.3, 0.4) is 0 Å². The van der Waals surface area contributed by atoms with Crippen molar-refractivity contribution in [2.24, 2.45) is 0 Å². The van der Waals surface area contributed by atoms with Gasteiger partial charge in [-0.2, -0.15) is 11.8 Å². The average Bonchev–Trinajstić information content (AvgIpc) is 2.27. The molecule has 0 radical (unpaired) electrons. The molecule has 1 rings (SSSR count). The molecule has 0 aromatic heterocycles. The summed E-state index contributed by atoms with van der Waals surface area (Å²) in [6.07, 6.45) is 1.79. The van der Waals surface area contributed by atoms with Crippen LogP contribution in [0.2, 0.25) is 10.0 Å². The van der Waals surface area contributed by atoms with Crippen molar-refractivity contribution in [3.8, 4) is 0 Å². The lowest BCUT2D eigenvalue weighted by atomic mass is 10.3. The van der Waals surface area contributed by atoms with Gasteiger partial charge < -0.3 is 10.8 Å². The Morgan fingerprint density at radius 1 is 1.40 bits per heavy atom. The number of benzene rings is 1. The topological polar surface area (TPSA) is 92.4 Å². The molecule has 2 unspecified atom stereocenters. The minimum atomic E-state index is -3.90. The van der Waals surface area contributed by atoms with Crippen molar-refractivity contribution in [2.75, 3.05) is 18.6 Å². The smallest absolute Gasteiger partial charge is 0.243 e. The Labute approximate surface area is 132 Å². The van der Waals surface area contributed by atoms with Crippen molar-refractivity contribution in [1.82, 2.24) is 4.72 Å². The minimum absolute atomic E-state index is 0.0422. The molecule has 20 heavy (non-hydrogen) atoms. The van der Waals surface area contributed by atoms with Gasteiger partial charge in [-0.1, -0.05) is 23.2 Å². The fraction of sp³-hybridized carbons (Fsp3) is 0.455. The number of rotatable bonds is 6. The summed E-state index contributed by atoms with van der Waals surface area (Å²) in [7, 11) is -3.90. The van der Waals surface area contributed by atoms with E-state index in [1.165, 1.54) is 23.9 Å². The third-order valence-corrected chi connectivity index (χ3v) is 6.31. The zero-order valence-electron chi connectivity index (χ0n) is 10.9. The fourth-order valence-corrected chi connectivity index (χ4v) is 4.88. The largest absolute Gasteiger partial charge is 0.399 e. The maximum absolute atomic E-state index is 12.3. The number of aliphatic hydroxyl groups is 1. The first-order chi connectivity index (χ1) is 9.22. The van der Waals surface area contributed by atoms with Crippen LogP contribution in [0, 0.1) is 0 Å². The molecule has 1 aromatic carbocycles. The molecule has 0 bridgehead atoms. The standard InChI is InChI=1S/C11H16Cl2N2O3S2/c1-6(10(5-16)19-2)15-20(17,18)11-8(12)3-7(14)4-9(11)13/h3-4,6,10,15-16H,5,14H2,1-2H3. The quantitative estimate of drug-likeness (QED) is 0.676. The van der Waals surface area contributed by atoms with Crippen molar-refractivity contribution >= 4 is 50.7 Å². The van der Waals surface area contributed by atoms with Crippen LogP contribution in [-0.4, -0.2) is 37.7 Å². The second-order valence-corrected chi connectivity index (χ2v) is 7.72. The predicted octanol–water partition coefficient (Wildman–Crippen LogP) is 1.97. The Hall–Kier alpha value is -0.180. The zero-order valence-corrected chi connectivity index (χ0v) is 14.1. The number of hydrogen-bond donors (Lipinski definition) is 3. The number of sulfonamides is 1. The second kappa shape index (κ2) is 7.20. The van der Waals surface area contributed by atoms with Crippen LogP contribution < -0.4 is 10.5 Å². The highest BCUT2D eigenvalue weighted by Crippen LogP contribution is 2.32. The van der Waals surface area contributed by atoms with Gasteiger partial charge >= 0.3 is 0 Å². The number of nitrogens with two attached hydrogens (primary N) is 1. The monoisotopic (exact) mass is 358 g/mol. The molecule has 2 atom stereocenters. The molecule has 0 aliphatic carbocycles. The molecule has 1 aromatic rings. The summed E-state index contributed by atoms with van der Waals surface area (Å²) in [6.45, 7) is 1.52. The van der Waals surface area contributed by atoms with E-state index in [-0.39, 0.29) is 32.5 Å². The minimum Gasteiger partial charge on any atom is -0.399 e. The number of aliphatic hydroxyl groups excluding tert-OH is 1.